The first-order chi connectivity index (χ1) is 10.9. The maximum absolute atomic E-state index is 12.1. The number of hydrogen-bond donors (Lipinski definition) is 2. The number of benzene rings is 1. The molecular formula is C17H30IN3O2S. The lowest BCUT2D eigenvalue weighted by atomic mass is 10.2. The maximum Gasteiger partial charge on any atom is 0.191 e. The lowest BCUT2D eigenvalue weighted by Gasteiger charge is -2.18. The van der Waals surface area contributed by atoms with Crippen LogP contribution in [0.2, 0.25) is 0 Å². The van der Waals surface area contributed by atoms with Gasteiger partial charge in [-0.15, -0.1) is 24.0 Å². The van der Waals surface area contributed by atoms with Crippen molar-refractivity contribution in [3.05, 3.63) is 29.8 Å². The molecule has 0 saturated carbocycles. The molecule has 0 amide bonds. The minimum Gasteiger partial charge on any atom is -0.497 e. The van der Waals surface area contributed by atoms with Crippen LogP contribution < -0.4 is 15.4 Å². The molecule has 1 unspecified atom stereocenters. The molecule has 24 heavy (non-hydrogen) atoms. The zero-order valence-corrected chi connectivity index (χ0v) is 18.4. The summed E-state index contributed by atoms with van der Waals surface area (Å²) < 4.78 is 17.1. The molecule has 0 spiro atoms. The van der Waals surface area contributed by atoms with E-state index < -0.39 is 10.8 Å². The summed E-state index contributed by atoms with van der Waals surface area (Å²) in [6.07, 6.45) is 0. The normalized spacial score (nSPS) is 13.0. The van der Waals surface area contributed by atoms with Crippen molar-refractivity contribution in [3.63, 3.8) is 0 Å². The molecule has 0 bridgehead atoms. The van der Waals surface area contributed by atoms with E-state index in [0.29, 0.717) is 18.8 Å². The maximum atomic E-state index is 12.1. The molecule has 0 aliphatic rings. The zero-order valence-electron chi connectivity index (χ0n) is 15.2. The molecule has 2 N–H and O–H groups in total. The summed E-state index contributed by atoms with van der Waals surface area (Å²) in [6, 6.07) is 7.86. The van der Waals surface area contributed by atoms with Gasteiger partial charge in [0.1, 0.15) is 5.75 Å². The number of methoxy groups -OCH3 is 1. The molecule has 0 aliphatic heterocycles. The molecule has 0 fully saturated rings. The average Bonchev–Trinajstić information content (AvgIpc) is 2.51. The molecule has 1 aromatic rings. The smallest absolute Gasteiger partial charge is 0.191 e. The number of nitrogens with one attached hydrogen (secondary N) is 2. The number of guanidine groups is 1. The molecule has 0 aromatic heterocycles. The lowest BCUT2D eigenvalue weighted by Crippen LogP contribution is -2.40. The van der Waals surface area contributed by atoms with E-state index in [1.54, 1.807) is 7.11 Å². The Bertz CT molecular complexity index is 545. The van der Waals surface area contributed by atoms with Crippen LogP contribution in [0.5, 0.6) is 5.75 Å². The fourth-order valence-corrected chi connectivity index (χ4v) is 2.75. The molecule has 7 heteroatoms. The summed E-state index contributed by atoms with van der Waals surface area (Å²) in [5.74, 6) is 2.17. The zero-order chi connectivity index (χ0) is 17.3. The number of nitrogens with zero attached hydrogens (tertiary/aromatic N) is 1. The molecular weight excluding hydrogens is 437 g/mol. The number of hydrogen-bond acceptors (Lipinski definition) is 3. The molecule has 0 saturated heterocycles. The second-order valence-electron chi connectivity index (χ2n) is 6.14. The van der Waals surface area contributed by atoms with Gasteiger partial charge < -0.3 is 15.4 Å². The highest BCUT2D eigenvalue weighted by Gasteiger charge is 2.18. The van der Waals surface area contributed by atoms with Gasteiger partial charge in [0.25, 0.3) is 0 Å². The Morgan fingerprint density at radius 1 is 1.29 bits per heavy atom. The van der Waals surface area contributed by atoms with Gasteiger partial charge in [-0.2, -0.15) is 0 Å². The summed E-state index contributed by atoms with van der Waals surface area (Å²) in [7, 11) is 0.792. The van der Waals surface area contributed by atoms with Crippen LogP contribution in [0.25, 0.3) is 0 Å². The number of aliphatic imine (C=N–C) groups is 1. The van der Waals surface area contributed by atoms with Gasteiger partial charge in [0.15, 0.2) is 5.96 Å². The monoisotopic (exact) mass is 467 g/mol. The van der Waals surface area contributed by atoms with Crippen molar-refractivity contribution in [3.8, 4) is 5.75 Å². The van der Waals surface area contributed by atoms with Crippen LogP contribution in [0, 0.1) is 0 Å². The Balaban J connectivity index is 0.00000529. The number of rotatable bonds is 7. The Labute approximate surface area is 165 Å². The van der Waals surface area contributed by atoms with Crippen molar-refractivity contribution < 1.29 is 8.95 Å². The highest BCUT2D eigenvalue weighted by atomic mass is 127. The summed E-state index contributed by atoms with van der Waals surface area (Å²) in [6.45, 7) is 9.98. The van der Waals surface area contributed by atoms with E-state index in [1.165, 1.54) is 0 Å². The summed E-state index contributed by atoms with van der Waals surface area (Å²) in [4.78, 5) is 4.56. The quantitative estimate of drug-likeness (QED) is 0.368. The van der Waals surface area contributed by atoms with E-state index in [2.05, 4.69) is 15.6 Å². The van der Waals surface area contributed by atoms with Gasteiger partial charge in [-0.3, -0.25) is 4.21 Å². The number of ether oxygens (including phenoxy) is 1. The van der Waals surface area contributed by atoms with Crippen LogP contribution in [0.15, 0.2) is 29.3 Å². The first-order valence-electron chi connectivity index (χ1n) is 7.90. The summed E-state index contributed by atoms with van der Waals surface area (Å²) in [5, 5.41) is 6.44. The van der Waals surface area contributed by atoms with Crippen LogP contribution >= 0.6 is 24.0 Å². The second-order valence-corrected chi connectivity index (χ2v) is 8.46. The van der Waals surface area contributed by atoms with Crippen molar-refractivity contribution in [2.45, 2.75) is 39.0 Å². The van der Waals surface area contributed by atoms with Crippen molar-refractivity contribution in [1.82, 2.24) is 10.6 Å². The van der Waals surface area contributed by atoms with Crippen molar-refractivity contribution in [2.75, 3.05) is 26.0 Å². The van der Waals surface area contributed by atoms with Crippen LogP contribution in [-0.4, -0.2) is 40.9 Å². The van der Waals surface area contributed by atoms with Crippen LogP contribution in [0.1, 0.15) is 33.3 Å². The van der Waals surface area contributed by atoms with E-state index in [4.69, 9.17) is 4.74 Å². The predicted molar refractivity (Wildman–Crippen MR) is 114 cm³/mol. The third-order valence-electron chi connectivity index (χ3n) is 3.16. The van der Waals surface area contributed by atoms with Crippen molar-refractivity contribution in [1.29, 1.82) is 0 Å². The van der Waals surface area contributed by atoms with Gasteiger partial charge in [-0.25, -0.2) is 4.99 Å². The topological polar surface area (TPSA) is 62.7 Å². The van der Waals surface area contributed by atoms with E-state index in [9.17, 15) is 4.21 Å². The van der Waals surface area contributed by atoms with E-state index in [0.717, 1.165) is 23.8 Å². The summed E-state index contributed by atoms with van der Waals surface area (Å²) in [5.41, 5.74) is 1.08. The largest absolute Gasteiger partial charge is 0.497 e. The summed E-state index contributed by atoms with van der Waals surface area (Å²) >= 11 is 0. The SMILES string of the molecule is CCNC(=NCc1cccc(OC)c1)NCCS(=O)C(C)(C)C.I. The van der Waals surface area contributed by atoms with Crippen LogP contribution in [-0.2, 0) is 17.3 Å². The predicted octanol–water partition coefficient (Wildman–Crippen LogP) is 2.92. The molecule has 1 atom stereocenters. The highest BCUT2D eigenvalue weighted by molar-refractivity contribution is 14.0. The van der Waals surface area contributed by atoms with Crippen molar-refractivity contribution >= 4 is 40.7 Å². The van der Waals surface area contributed by atoms with Gasteiger partial charge >= 0.3 is 0 Å². The van der Waals surface area contributed by atoms with Crippen molar-refractivity contribution in [2.24, 2.45) is 4.99 Å². The first-order valence-corrected chi connectivity index (χ1v) is 9.22. The molecule has 5 nitrogen and oxygen atoms in total. The van der Waals surface area contributed by atoms with Crippen LogP contribution in [0.3, 0.4) is 0 Å². The molecule has 1 rings (SSSR count). The Hall–Kier alpha value is -0.830. The van der Waals surface area contributed by atoms with Gasteiger partial charge in [-0.1, -0.05) is 12.1 Å². The Morgan fingerprint density at radius 2 is 2.00 bits per heavy atom. The average molecular weight is 467 g/mol. The Morgan fingerprint density at radius 3 is 2.58 bits per heavy atom. The molecule has 0 aliphatic carbocycles. The van der Waals surface area contributed by atoms with Crippen LogP contribution in [0.4, 0.5) is 0 Å². The molecule has 0 heterocycles. The molecule has 1 aromatic carbocycles. The highest BCUT2D eigenvalue weighted by Crippen LogP contribution is 2.13. The van der Waals surface area contributed by atoms with Gasteiger partial charge in [0.2, 0.25) is 0 Å². The fraction of sp³-hybridized carbons (Fsp3) is 0.588. The minimum absolute atomic E-state index is 0. The first kappa shape index (κ1) is 23.2. The van der Waals surface area contributed by atoms with Gasteiger partial charge in [0, 0.05) is 34.4 Å². The van der Waals surface area contributed by atoms with Gasteiger partial charge in [0.05, 0.1) is 13.7 Å². The third kappa shape index (κ3) is 8.86. The standard InChI is InChI=1S/C17H29N3O2S.HI/c1-6-18-16(19-10-11-23(21)17(2,3)4)20-13-14-8-7-9-15(12-14)22-5;/h7-9,12H,6,10-11,13H2,1-5H3,(H2,18,19,20);1H. The number of halogens is 1. The van der Waals surface area contributed by atoms with E-state index in [-0.39, 0.29) is 28.7 Å². The third-order valence-corrected chi connectivity index (χ3v) is 5.10. The second kappa shape index (κ2) is 11.7. The van der Waals surface area contributed by atoms with E-state index >= 15 is 0 Å². The lowest BCUT2D eigenvalue weighted by molar-refractivity contribution is 0.414. The minimum atomic E-state index is -0.864. The Kier molecular flexibility index (Phi) is 11.3. The molecule has 0 radical (unpaired) electrons. The van der Waals surface area contributed by atoms with Gasteiger partial charge in [-0.05, 0) is 45.4 Å². The fourth-order valence-electron chi connectivity index (χ4n) is 1.85. The molecule has 138 valence electrons. The van der Waals surface area contributed by atoms with E-state index in [1.807, 2.05) is 52.0 Å².